The van der Waals surface area contributed by atoms with E-state index in [4.69, 9.17) is 0 Å². The van der Waals surface area contributed by atoms with E-state index in [0.717, 1.165) is 4.58 Å². The van der Waals surface area contributed by atoms with E-state index < -0.39 is 0 Å². The van der Waals surface area contributed by atoms with Crippen molar-refractivity contribution in [3.8, 4) is 0 Å². The molecule has 0 saturated carbocycles. The Hall–Kier alpha value is 1.05. The van der Waals surface area contributed by atoms with Crippen molar-refractivity contribution in [2.45, 2.75) is 11.0 Å². The molecule has 0 heterocycles. The van der Waals surface area contributed by atoms with E-state index in [2.05, 4.69) is 18.8 Å². The van der Waals surface area contributed by atoms with Gasteiger partial charge in [-0.05, 0) is 30.9 Å². The molecule has 0 atom stereocenters. The van der Waals surface area contributed by atoms with Crippen LogP contribution in [-0.4, -0.2) is 29.1 Å². The predicted octanol–water partition coefficient (Wildman–Crippen LogP) is 2.79. The summed E-state index contributed by atoms with van der Waals surface area (Å²) in [5, 5.41) is 0. The molecule has 0 saturated heterocycles. The summed E-state index contributed by atoms with van der Waals surface area (Å²) in [6, 6.07) is 0. The molecule has 56 valence electrons. The monoisotopic (exact) mass is 182 g/mol. The zero-order valence-electron chi connectivity index (χ0n) is 6.22. The maximum Gasteiger partial charge on any atom is 0.0504 e. The second-order valence-electron chi connectivity index (χ2n) is 1.68. The summed E-state index contributed by atoms with van der Waals surface area (Å²) in [4.78, 5) is 0. The van der Waals surface area contributed by atoms with E-state index in [0.29, 0.717) is 0 Å². The van der Waals surface area contributed by atoms with Crippen LogP contribution in [0.25, 0.3) is 0 Å². The summed E-state index contributed by atoms with van der Waals surface area (Å²) in [6.45, 7) is 0. The second kappa shape index (κ2) is 7.16. The molecule has 0 spiro atoms. The van der Waals surface area contributed by atoms with Crippen molar-refractivity contribution < 1.29 is 0 Å². The lowest BCUT2D eigenvalue weighted by atomic mass is 10.6. The van der Waals surface area contributed by atoms with Crippen LogP contribution >= 0.6 is 35.3 Å². The van der Waals surface area contributed by atoms with E-state index in [-0.39, 0.29) is 0 Å². The fraction of sp³-hybridized carbons (Fsp3) is 1.00. The molecule has 0 fully saturated rings. The quantitative estimate of drug-likeness (QED) is 0.600. The molecule has 0 N–H and O–H groups in total. The Morgan fingerprint density at radius 1 is 1.11 bits per heavy atom. The second-order valence-corrected chi connectivity index (χ2v) is 5.05. The Balaban J connectivity index is 3.09. The van der Waals surface area contributed by atoms with E-state index in [1.807, 2.05) is 35.3 Å². The van der Waals surface area contributed by atoms with Crippen LogP contribution in [0.15, 0.2) is 0 Å². The van der Waals surface area contributed by atoms with Gasteiger partial charge in [-0.2, -0.15) is 35.3 Å². The van der Waals surface area contributed by atoms with Gasteiger partial charge in [0.2, 0.25) is 0 Å². The summed E-state index contributed by atoms with van der Waals surface area (Å²) in [5.74, 6) is 1.30. The maximum atomic E-state index is 2.18. The molecule has 0 aliphatic carbocycles. The Kier molecular flexibility index (Phi) is 8.00. The highest BCUT2D eigenvalue weighted by molar-refractivity contribution is 8.16. The average Bonchev–Trinajstić information content (AvgIpc) is 1.91. The van der Waals surface area contributed by atoms with Crippen LogP contribution in [0.4, 0.5) is 0 Å². The molecule has 3 heteroatoms. The Morgan fingerprint density at radius 3 is 2.00 bits per heavy atom. The third kappa shape index (κ3) is 5.49. The fourth-order valence-corrected chi connectivity index (χ4v) is 2.79. The molecule has 0 aliphatic rings. The Bertz CT molecular complexity index is 52.3. The minimum atomic E-state index is 0.817. The topological polar surface area (TPSA) is 0 Å². The number of hydrogen-bond acceptors (Lipinski definition) is 3. The van der Waals surface area contributed by atoms with Crippen LogP contribution in [0.1, 0.15) is 6.42 Å². The van der Waals surface area contributed by atoms with Crippen LogP contribution in [0.3, 0.4) is 0 Å². The highest BCUT2D eigenvalue weighted by Gasteiger charge is 2.01. The van der Waals surface area contributed by atoms with Crippen molar-refractivity contribution in [1.29, 1.82) is 0 Å². The highest BCUT2D eigenvalue weighted by Crippen LogP contribution is 2.22. The third-order valence-corrected chi connectivity index (χ3v) is 4.41. The highest BCUT2D eigenvalue weighted by atomic mass is 32.2. The summed E-state index contributed by atoms with van der Waals surface area (Å²) >= 11 is 5.85. The fourth-order valence-electron chi connectivity index (χ4n) is 0.546. The molecule has 9 heavy (non-hydrogen) atoms. The standard InChI is InChI=1S/C6H14S3/c1-7-5-4-6(8-2)9-3/h6H,4-5H2,1-3H3. The molecule has 0 nitrogen and oxygen atoms in total. The molecule has 0 rings (SSSR count). The first kappa shape index (κ1) is 10.0. The Morgan fingerprint density at radius 2 is 1.67 bits per heavy atom. The van der Waals surface area contributed by atoms with E-state index in [9.17, 15) is 0 Å². The van der Waals surface area contributed by atoms with Crippen molar-refractivity contribution in [2.24, 2.45) is 0 Å². The van der Waals surface area contributed by atoms with Crippen molar-refractivity contribution in [1.82, 2.24) is 0 Å². The lowest BCUT2D eigenvalue weighted by Gasteiger charge is -2.08. The number of thioether (sulfide) groups is 3. The smallest absolute Gasteiger partial charge is 0.0504 e. The normalized spacial score (nSPS) is 10.7. The van der Waals surface area contributed by atoms with Crippen molar-refractivity contribution in [2.75, 3.05) is 24.5 Å². The van der Waals surface area contributed by atoms with Crippen LogP contribution in [0.2, 0.25) is 0 Å². The molecule has 0 unspecified atom stereocenters. The molecule has 0 aromatic heterocycles. The van der Waals surface area contributed by atoms with Gasteiger partial charge in [-0.1, -0.05) is 0 Å². The SMILES string of the molecule is CSCCC(SC)SC. The summed E-state index contributed by atoms with van der Waals surface area (Å²) in [6.07, 6.45) is 7.87. The third-order valence-electron chi connectivity index (χ3n) is 1.08. The van der Waals surface area contributed by atoms with Crippen LogP contribution in [-0.2, 0) is 0 Å². The maximum absolute atomic E-state index is 2.18. The molecule has 0 aromatic rings. The van der Waals surface area contributed by atoms with Gasteiger partial charge in [-0.25, -0.2) is 0 Å². The molecule has 0 aliphatic heterocycles. The van der Waals surface area contributed by atoms with Gasteiger partial charge in [0.05, 0.1) is 4.58 Å². The summed E-state index contributed by atoms with van der Waals surface area (Å²) in [5.41, 5.74) is 0. The average molecular weight is 182 g/mol. The van der Waals surface area contributed by atoms with Crippen molar-refractivity contribution >= 4 is 35.3 Å². The van der Waals surface area contributed by atoms with Gasteiger partial charge in [-0.15, -0.1) is 0 Å². The zero-order chi connectivity index (χ0) is 7.11. The first-order chi connectivity index (χ1) is 4.35. The van der Waals surface area contributed by atoms with E-state index in [1.54, 1.807) is 0 Å². The van der Waals surface area contributed by atoms with Crippen molar-refractivity contribution in [3.63, 3.8) is 0 Å². The minimum absolute atomic E-state index is 0.817. The van der Waals surface area contributed by atoms with Crippen LogP contribution < -0.4 is 0 Å². The van der Waals surface area contributed by atoms with E-state index in [1.165, 1.54) is 12.2 Å². The number of rotatable bonds is 5. The van der Waals surface area contributed by atoms with Gasteiger partial charge in [0.25, 0.3) is 0 Å². The van der Waals surface area contributed by atoms with Gasteiger partial charge in [0.15, 0.2) is 0 Å². The predicted molar refractivity (Wildman–Crippen MR) is 53.8 cm³/mol. The summed E-state index contributed by atoms with van der Waals surface area (Å²) < 4.78 is 0.817. The first-order valence-electron chi connectivity index (χ1n) is 2.89. The van der Waals surface area contributed by atoms with Crippen LogP contribution in [0, 0.1) is 0 Å². The first-order valence-corrected chi connectivity index (χ1v) is 6.86. The molecule has 0 radical (unpaired) electrons. The van der Waals surface area contributed by atoms with Gasteiger partial charge in [-0.3, -0.25) is 0 Å². The lowest BCUT2D eigenvalue weighted by Crippen LogP contribution is -1.95. The van der Waals surface area contributed by atoms with Gasteiger partial charge < -0.3 is 0 Å². The van der Waals surface area contributed by atoms with E-state index >= 15 is 0 Å². The van der Waals surface area contributed by atoms with Gasteiger partial charge in [0.1, 0.15) is 0 Å². The zero-order valence-corrected chi connectivity index (χ0v) is 8.67. The Labute approximate surface area is 70.9 Å². The molecule has 0 aromatic carbocycles. The van der Waals surface area contributed by atoms with Gasteiger partial charge >= 0.3 is 0 Å². The minimum Gasteiger partial charge on any atom is -0.165 e. The molecular weight excluding hydrogens is 168 g/mol. The largest absolute Gasteiger partial charge is 0.165 e. The van der Waals surface area contributed by atoms with Gasteiger partial charge in [0, 0.05) is 0 Å². The summed E-state index contributed by atoms with van der Waals surface area (Å²) in [7, 11) is 0. The molecule has 0 amide bonds. The van der Waals surface area contributed by atoms with Crippen LogP contribution in [0.5, 0.6) is 0 Å². The molecule has 0 bridgehead atoms. The molecular formula is C6H14S3. The van der Waals surface area contributed by atoms with Crippen molar-refractivity contribution in [3.05, 3.63) is 0 Å². The lowest BCUT2D eigenvalue weighted by molar-refractivity contribution is 1.08. The number of hydrogen-bond donors (Lipinski definition) is 0.